The second-order valence-corrected chi connectivity index (χ2v) is 6.58. The van der Waals surface area contributed by atoms with Gasteiger partial charge in [0.1, 0.15) is 17.5 Å². The van der Waals surface area contributed by atoms with Crippen LogP contribution in [0.4, 0.5) is 13.2 Å². The van der Waals surface area contributed by atoms with Gasteiger partial charge in [-0.15, -0.1) is 0 Å². The molecular weight excluding hydrogens is 363 g/mol. The molecule has 4 rings (SSSR count). The van der Waals surface area contributed by atoms with E-state index in [1.165, 1.54) is 24.3 Å². The highest BCUT2D eigenvalue weighted by molar-refractivity contribution is 5.83. The molecule has 1 aliphatic heterocycles. The summed E-state index contributed by atoms with van der Waals surface area (Å²) in [6.45, 7) is 0.309. The Labute approximate surface area is 160 Å². The molecule has 1 heterocycles. The normalized spacial score (nSPS) is 18.5. The van der Waals surface area contributed by atoms with Gasteiger partial charge in [-0.3, -0.25) is 0 Å². The molecule has 142 valence electrons. The first-order chi connectivity index (χ1) is 13.6. The summed E-state index contributed by atoms with van der Waals surface area (Å²) in [6.07, 6.45) is 0. The smallest absolute Gasteiger partial charge is 0.192 e. The summed E-state index contributed by atoms with van der Waals surface area (Å²) < 4.78 is 41.9. The Morgan fingerprint density at radius 3 is 1.68 bits per heavy atom. The summed E-state index contributed by atoms with van der Waals surface area (Å²) >= 11 is 0. The summed E-state index contributed by atoms with van der Waals surface area (Å²) in [4.78, 5) is 4.46. The largest absolute Gasteiger partial charge is 0.347 e. The molecule has 0 aromatic heterocycles. The lowest BCUT2D eigenvalue weighted by Crippen LogP contribution is -2.25. The number of hydrogen-bond acceptors (Lipinski definition) is 1. The van der Waals surface area contributed by atoms with Crippen molar-refractivity contribution in [1.29, 1.82) is 0 Å². The van der Waals surface area contributed by atoms with Crippen molar-refractivity contribution < 1.29 is 13.2 Å². The Morgan fingerprint density at radius 1 is 0.679 bits per heavy atom. The number of nitrogens with one attached hydrogen (secondary N) is 2. The number of nitrogens with zero attached hydrogens (tertiary/aromatic N) is 1. The number of benzene rings is 3. The van der Waals surface area contributed by atoms with Crippen LogP contribution in [0.15, 0.2) is 77.8 Å². The van der Waals surface area contributed by atoms with Crippen molar-refractivity contribution in [2.24, 2.45) is 4.99 Å². The maximum atomic E-state index is 14.4. The van der Waals surface area contributed by atoms with E-state index in [-0.39, 0.29) is 17.5 Å². The SMILES string of the molecule is Fc1ccc(CN=C2NC(c3ccccc3F)C(c3ccccc3F)N2)cc1. The minimum Gasteiger partial charge on any atom is -0.347 e. The van der Waals surface area contributed by atoms with E-state index < -0.39 is 12.1 Å². The zero-order valence-corrected chi connectivity index (χ0v) is 14.9. The Hall–Kier alpha value is -3.28. The average molecular weight is 381 g/mol. The molecule has 3 aromatic carbocycles. The highest BCUT2D eigenvalue weighted by atomic mass is 19.1. The maximum Gasteiger partial charge on any atom is 0.192 e. The van der Waals surface area contributed by atoms with Crippen LogP contribution in [0.25, 0.3) is 0 Å². The van der Waals surface area contributed by atoms with Gasteiger partial charge in [0.25, 0.3) is 0 Å². The number of aliphatic imine (C=N–C) groups is 1. The zero-order chi connectivity index (χ0) is 19.5. The molecule has 6 heteroatoms. The van der Waals surface area contributed by atoms with Crippen LogP contribution < -0.4 is 10.6 Å². The predicted molar refractivity (Wildman–Crippen MR) is 102 cm³/mol. The van der Waals surface area contributed by atoms with E-state index in [2.05, 4.69) is 15.6 Å². The quantitative estimate of drug-likeness (QED) is 0.691. The van der Waals surface area contributed by atoms with Gasteiger partial charge >= 0.3 is 0 Å². The fourth-order valence-electron chi connectivity index (χ4n) is 3.32. The Bertz CT molecular complexity index is 946. The van der Waals surface area contributed by atoms with Gasteiger partial charge in [0.05, 0.1) is 18.6 Å². The van der Waals surface area contributed by atoms with Gasteiger partial charge in [-0.25, -0.2) is 18.2 Å². The summed E-state index contributed by atoms with van der Waals surface area (Å²) in [6, 6.07) is 17.8. The number of halogens is 3. The minimum atomic E-state index is -0.523. The van der Waals surface area contributed by atoms with Crippen molar-refractivity contribution in [3.8, 4) is 0 Å². The number of guanidine groups is 1. The molecule has 1 aliphatic rings. The lowest BCUT2D eigenvalue weighted by molar-refractivity contribution is 0.490. The molecular formula is C22H18F3N3. The number of rotatable bonds is 4. The Balaban J connectivity index is 1.65. The Kier molecular flexibility index (Phi) is 5.02. The van der Waals surface area contributed by atoms with Crippen LogP contribution in [-0.4, -0.2) is 5.96 Å². The fourth-order valence-corrected chi connectivity index (χ4v) is 3.32. The van der Waals surface area contributed by atoms with Gasteiger partial charge in [0.15, 0.2) is 5.96 Å². The summed E-state index contributed by atoms with van der Waals surface area (Å²) in [7, 11) is 0. The van der Waals surface area contributed by atoms with E-state index >= 15 is 0 Å². The van der Waals surface area contributed by atoms with Crippen LogP contribution in [0.3, 0.4) is 0 Å². The van der Waals surface area contributed by atoms with E-state index in [0.717, 1.165) is 5.56 Å². The average Bonchev–Trinajstić information content (AvgIpc) is 3.12. The molecule has 0 bridgehead atoms. The maximum absolute atomic E-state index is 14.4. The second-order valence-electron chi connectivity index (χ2n) is 6.58. The first-order valence-corrected chi connectivity index (χ1v) is 8.92. The van der Waals surface area contributed by atoms with Crippen molar-refractivity contribution in [3.05, 3.63) is 107 Å². The molecule has 2 N–H and O–H groups in total. The minimum absolute atomic E-state index is 0.309. The Morgan fingerprint density at radius 2 is 1.18 bits per heavy atom. The van der Waals surface area contributed by atoms with Crippen LogP contribution in [0.1, 0.15) is 28.8 Å². The van der Waals surface area contributed by atoms with Gasteiger partial charge in [-0.1, -0.05) is 48.5 Å². The third kappa shape index (κ3) is 3.71. The molecule has 0 aliphatic carbocycles. The first kappa shape index (κ1) is 18.1. The molecule has 3 nitrogen and oxygen atoms in total. The first-order valence-electron chi connectivity index (χ1n) is 8.92. The highest BCUT2D eigenvalue weighted by Crippen LogP contribution is 2.34. The summed E-state index contributed by atoms with van der Waals surface area (Å²) in [5.74, 6) is -0.621. The molecule has 0 radical (unpaired) electrons. The van der Waals surface area contributed by atoms with E-state index in [4.69, 9.17) is 0 Å². The molecule has 3 aromatic rings. The summed E-state index contributed by atoms with van der Waals surface area (Å²) in [5.41, 5.74) is 1.68. The van der Waals surface area contributed by atoms with E-state index in [0.29, 0.717) is 23.6 Å². The van der Waals surface area contributed by atoms with Crippen LogP contribution in [0.2, 0.25) is 0 Å². The molecule has 0 saturated carbocycles. The molecule has 28 heavy (non-hydrogen) atoms. The van der Waals surface area contributed by atoms with Crippen LogP contribution in [0.5, 0.6) is 0 Å². The lowest BCUT2D eigenvalue weighted by atomic mass is 9.94. The highest BCUT2D eigenvalue weighted by Gasteiger charge is 2.35. The van der Waals surface area contributed by atoms with Gasteiger partial charge in [0.2, 0.25) is 0 Å². The van der Waals surface area contributed by atoms with Crippen LogP contribution in [-0.2, 0) is 6.54 Å². The molecule has 1 saturated heterocycles. The van der Waals surface area contributed by atoms with E-state index in [1.807, 2.05) is 0 Å². The van der Waals surface area contributed by atoms with Gasteiger partial charge in [-0.05, 0) is 29.8 Å². The van der Waals surface area contributed by atoms with E-state index in [1.54, 1.807) is 48.5 Å². The molecule has 2 atom stereocenters. The van der Waals surface area contributed by atoms with Crippen molar-refractivity contribution in [2.45, 2.75) is 18.6 Å². The third-order valence-corrected chi connectivity index (χ3v) is 4.73. The topological polar surface area (TPSA) is 36.4 Å². The molecule has 2 unspecified atom stereocenters. The van der Waals surface area contributed by atoms with Crippen molar-refractivity contribution in [1.82, 2.24) is 10.6 Å². The number of hydrogen-bond donors (Lipinski definition) is 2. The van der Waals surface area contributed by atoms with Crippen molar-refractivity contribution >= 4 is 5.96 Å². The van der Waals surface area contributed by atoms with E-state index in [9.17, 15) is 13.2 Å². The molecule has 0 amide bonds. The van der Waals surface area contributed by atoms with Gasteiger partial charge in [0, 0.05) is 11.1 Å². The van der Waals surface area contributed by atoms with Crippen LogP contribution in [0, 0.1) is 17.5 Å². The molecule has 0 spiro atoms. The standard InChI is InChI=1S/C22H18F3N3/c23-15-11-9-14(10-12-15)13-26-22-27-20(16-5-1-3-7-18(16)24)21(28-22)17-6-2-4-8-19(17)25/h1-12,20-21H,13H2,(H2,26,27,28). The van der Waals surface area contributed by atoms with Gasteiger partial charge in [-0.2, -0.15) is 0 Å². The van der Waals surface area contributed by atoms with Crippen LogP contribution >= 0.6 is 0 Å². The third-order valence-electron chi connectivity index (χ3n) is 4.73. The van der Waals surface area contributed by atoms with Gasteiger partial charge < -0.3 is 10.6 Å². The molecule has 1 fully saturated rings. The van der Waals surface area contributed by atoms with Crippen molar-refractivity contribution in [3.63, 3.8) is 0 Å². The fraction of sp³-hybridized carbons (Fsp3) is 0.136. The lowest BCUT2D eigenvalue weighted by Gasteiger charge is -2.20. The second kappa shape index (κ2) is 7.76. The zero-order valence-electron chi connectivity index (χ0n) is 14.9. The summed E-state index contributed by atoms with van der Waals surface area (Å²) in [5, 5.41) is 6.33. The van der Waals surface area contributed by atoms with Crippen molar-refractivity contribution in [2.75, 3.05) is 0 Å². The monoisotopic (exact) mass is 381 g/mol. The predicted octanol–water partition coefficient (Wildman–Crippen LogP) is 4.64.